The van der Waals surface area contributed by atoms with Crippen molar-refractivity contribution in [1.29, 1.82) is 0 Å². The van der Waals surface area contributed by atoms with Crippen LogP contribution in [0.2, 0.25) is 0 Å². The number of carbonyl (C=O) groups is 1. The third kappa shape index (κ3) is 3.03. The van der Waals surface area contributed by atoms with Crippen LogP contribution in [0.1, 0.15) is 16.3 Å². The van der Waals surface area contributed by atoms with Crippen LogP contribution < -0.4 is 10.5 Å². The molecule has 3 rings (SSSR count). The second kappa shape index (κ2) is 5.92. The molecule has 0 radical (unpaired) electrons. The molecule has 0 amide bonds. The summed E-state index contributed by atoms with van der Waals surface area (Å²) < 4.78 is 11.8. The Balaban J connectivity index is 1.77. The van der Waals surface area contributed by atoms with Gasteiger partial charge >= 0.3 is 0 Å². The average Bonchev–Trinajstić information content (AvgIpc) is 2.98. The topological polar surface area (TPSA) is 77.6 Å². The highest BCUT2D eigenvalue weighted by Crippen LogP contribution is 2.12. The van der Waals surface area contributed by atoms with Gasteiger partial charge in [0.2, 0.25) is 0 Å². The highest BCUT2D eigenvalue weighted by molar-refractivity contribution is 5.70. The first-order valence-corrected chi connectivity index (χ1v) is 6.70. The Bertz CT molecular complexity index is 686. The van der Waals surface area contributed by atoms with Gasteiger partial charge < -0.3 is 14.1 Å². The maximum Gasteiger partial charge on any atom is 0.269 e. The fraction of sp³-hybridized carbons (Fsp3) is 0.357. The van der Waals surface area contributed by atoms with Crippen molar-refractivity contribution < 1.29 is 13.9 Å². The zero-order chi connectivity index (χ0) is 14.7. The normalized spacial score (nSPS) is 15.1. The lowest BCUT2D eigenvalue weighted by Gasteiger charge is -2.28. The number of aldehydes is 1. The Hall–Kier alpha value is -2.41. The molecule has 0 aliphatic carbocycles. The fourth-order valence-electron chi connectivity index (χ4n) is 2.23. The molecule has 7 heteroatoms. The molecule has 0 bridgehead atoms. The number of carbonyl (C=O) groups excluding carboxylic acids is 1. The van der Waals surface area contributed by atoms with Crippen molar-refractivity contribution in [3.63, 3.8) is 0 Å². The first kappa shape index (κ1) is 13.6. The number of furan rings is 1. The summed E-state index contributed by atoms with van der Waals surface area (Å²) in [5.41, 5.74) is 0.593. The van der Waals surface area contributed by atoms with E-state index >= 15 is 0 Å². The molecule has 1 aliphatic rings. The summed E-state index contributed by atoms with van der Waals surface area (Å²) in [7, 11) is 0. The average molecular weight is 289 g/mol. The molecule has 1 fully saturated rings. The van der Waals surface area contributed by atoms with Crippen molar-refractivity contribution >= 4 is 12.0 Å². The maximum absolute atomic E-state index is 12.1. The first-order valence-electron chi connectivity index (χ1n) is 6.70. The van der Waals surface area contributed by atoms with Gasteiger partial charge in [-0.15, -0.1) is 0 Å². The van der Waals surface area contributed by atoms with Gasteiger partial charge in [0.05, 0.1) is 25.1 Å². The highest BCUT2D eigenvalue weighted by atomic mass is 16.5. The van der Waals surface area contributed by atoms with Crippen LogP contribution in [0.4, 0.5) is 5.69 Å². The SMILES string of the molecule is O=Cc1ccc(Cn2ncc(N3CCOCC3)cc2=O)o1. The number of hydrogen-bond acceptors (Lipinski definition) is 6. The van der Waals surface area contributed by atoms with Crippen molar-refractivity contribution in [1.82, 2.24) is 9.78 Å². The van der Waals surface area contributed by atoms with Crippen molar-refractivity contribution in [3.8, 4) is 0 Å². The summed E-state index contributed by atoms with van der Waals surface area (Å²) >= 11 is 0. The minimum atomic E-state index is -0.206. The molecular formula is C14H15N3O4. The van der Waals surface area contributed by atoms with E-state index in [1.54, 1.807) is 24.4 Å². The highest BCUT2D eigenvalue weighted by Gasteiger charge is 2.13. The number of nitrogens with zero attached hydrogens (tertiary/aromatic N) is 3. The molecular weight excluding hydrogens is 274 g/mol. The van der Waals surface area contributed by atoms with E-state index in [4.69, 9.17) is 9.15 Å². The van der Waals surface area contributed by atoms with Crippen LogP contribution in [0.5, 0.6) is 0 Å². The molecule has 0 atom stereocenters. The fourth-order valence-corrected chi connectivity index (χ4v) is 2.23. The molecule has 1 aliphatic heterocycles. The van der Waals surface area contributed by atoms with Gasteiger partial charge in [-0.25, -0.2) is 4.68 Å². The van der Waals surface area contributed by atoms with Crippen LogP contribution in [0.3, 0.4) is 0 Å². The van der Waals surface area contributed by atoms with E-state index in [9.17, 15) is 9.59 Å². The number of hydrogen-bond donors (Lipinski definition) is 0. The van der Waals surface area contributed by atoms with Crippen LogP contribution >= 0.6 is 0 Å². The van der Waals surface area contributed by atoms with Gasteiger partial charge in [0.1, 0.15) is 12.3 Å². The Morgan fingerprint density at radius 1 is 1.29 bits per heavy atom. The van der Waals surface area contributed by atoms with Crippen LogP contribution in [-0.4, -0.2) is 42.4 Å². The summed E-state index contributed by atoms with van der Waals surface area (Å²) in [5.74, 6) is 0.758. The molecule has 0 saturated carbocycles. The van der Waals surface area contributed by atoms with Crippen LogP contribution in [0.25, 0.3) is 0 Å². The number of ether oxygens (including phenoxy) is 1. The van der Waals surface area contributed by atoms with E-state index in [0.717, 1.165) is 18.8 Å². The standard InChI is InChI=1S/C14H15N3O4/c18-10-13-2-1-12(21-13)9-17-14(19)7-11(8-15-17)16-3-5-20-6-4-16/h1-2,7-8,10H,3-6,9H2. The quantitative estimate of drug-likeness (QED) is 0.764. The van der Waals surface area contributed by atoms with Gasteiger partial charge in [0.25, 0.3) is 5.56 Å². The van der Waals surface area contributed by atoms with E-state index in [-0.39, 0.29) is 17.9 Å². The summed E-state index contributed by atoms with van der Waals surface area (Å²) in [5, 5.41) is 4.16. The zero-order valence-electron chi connectivity index (χ0n) is 11.4. The van der Waals surface area contributed by atoms with Gasteiger partial charge in [-0.2, -0.15) is 5.10 Å². The van der Waals surface area contributed by atoms with Gasteiger partial charge in [0.15, 0.2) is 12.0 Å². The van der Waals surface area contributed by atoms with Crippen molar-refractivity contribution in [2.24, 2.45) is 0 Å². The first-order chi connectivity index (χ1) is 10.3. The number of aromatic nitrogens is 2. The third-order valence-electron chi connectivity index (χ3n) is 3.34. The van der Waals surface area contributed by atoms with Crippen LogP contribution in [0.15, 0.2) is 33.6 Å². The smallest absolute Gasteiger partial charge is 0.269 e. The molecule has 0 unspecified atom stereocenters. The third-order valence-corrected chi connectivity index (χ3v) is 3.34. The maximum atomic E-state index is 12.1. The zero-order valence-corrected chi connectivity index (χ0v) is 11.4. The number of anilines is 1. The molecule has 0 aromatic carbocycles. The molecule has 110 valence electrons. The Morgan fingerprint density at radius 2 is 2.10 bits per heavy atom. The van der Waals surface area contributed by atoms with Crippen LogP contribution in [0, 0.1) is 0 Å². The summed E-state index contributed by atoms with van der Waals surface area (Å²) in [6, 6.07) is 4.78. The van der Waals surface area contributed by atoms with Crippen LogP contribution in [-0.2, 0) is 11.3 Å². The summed E-state index contributed by atoms with van der Waals surface area (Å²) in [6.45, 7) is 3.03. The van der Waals surface area contributed by atoms with E-state index in [1.807, 2.05) is 0 Å². The predicted octanol–water partition coefficient (Wildman–Crippen LogP) is 0.534. The van der Waals surface area contributed by atoms with Gasteiger partial charge in [0, 0.05) is 19.2 Å². The second-order valence-corrected chi connectivity index (χ2v) is 4.73. The Kier molecular flexibility index (Phi) is 3.83. The van der Waals surface area contributed by atoms with E-state index in [2.05, 4.69) is 10.00 Å². The summed E-state index contributed by atoms with van der Waals surface area (Å²) in [4.78, 5) is 24.7. The molecule has 0 spiro atoms. The monoisotopic (exact) mass is 289 g/mol. The van der Waals surface area contributed by atoms with E-state index < -0.39 is 0 Å². The summed E-state index contributed by atoms with van der Waals surface area (Å²) in [6.07, 6.45) is 2.29. The molecule has 7 nitrogen and oxygen atoms in total. The minimum absolute atomic E-state index is 0.204. The van der Waals surface area contributed by atoms with E-state index in [0.29, 0.717) is 25.3 Å². The molecule has 3 heterocycles. The predicted molar refractivity (Wildman–Crippen MR) is 74.7 cm³/mol. The minimum Gasteiger partial charge on any atom is -0.456 e. The molecule has 21 heavy (non-hydrogen) atoms. The van der Waals surface area contributed by atoms with Gasteiger partial charge in [-0.1, -0.05) is 0 Å². The van der Waals surface area contributed by atoms with Crippen molar-refractivity contribution in [3.05, 3.63) is 46.3 Å². The largest absolute Gasteiger partial charge is 0.456 e. The molecule has 2 aromatic rings. The van der Waals surface area contributed by atoms with Crippen molar-refractivity contribution in [2.75, 3.05) is 31.2 Å². The number of morpholine rings is 1. The van der Waals surface area contributed by atoms with Crippen molar-refractivity contribution in [2.45, 2.75) is 6.54 Å². The van der Waals surface area contributed by atoms with Gasteiger partial charge in [-0.05, 0) is 12.1 Å². The number of rotatable bonds is 4. The lowest BCUT2D eigenvalue weighted by molar-refractivity contribution is 0.109. The Morgan fingerprint density at radius 3 is 2.76 bits per heavy atom. The molecule has 2 aromatic heterocycles. The van der Waals surface area contributed by atoms with Gasteiger partial charge in [-0.3, -0.25) is 9.59 Å². The lowest BCUT2D eigenvalue weighted by atomic mass is 10.3. The molecule has 0 N–H and O–H groups in total. The Labute approximate surface area is 120 Å². The molecule has 1 saturated heterocycles. The van der Waals surface area contributed by atoms with E-state index in [1.165, 1.54) is 4.68 Å². The lowest BCUT2D eigenvalue weighted by Crippen LogP contribution is -2.37. The second-order valence-electron chi connectivity index (χ2n) is 4.73.